The van der Waals surface area contributed by atoms with E-state index in [1.54, 1.807) is 0 Å². The van der Waals surface area contributed by atoms with Crippen LogP contribution in [0.2, 0.25) is 0 Å². The van der Waals surface area contributed by atoms with Crippen molar-refractivity contribution in [1.82, 2.24) is 5.32 Å². The Morgan fingerprint density at radius 1 is 1.37 bits per heavy atom. The van der Waals surface area contributed by atoms with Gasteiger partial charge >= 0.3 is 5.97 Å². The third kappa shape index (κ3) is 7.70. The summed E-state index contributed by atoms with van der Waals surface area (Å²) in [5.41, 5.74) is 0. The number of carboxylic acid groups (broad SMARTS) is 1. The molecule has 0 aliphatic heterocycles. The average Bonchev–Trinajstić information content (AvgIpc) is 2.38. The van der Waals surface area contributed by atoms with Crippen LogP contribution in [0.3, 0.4) is 0 Å². The molecule has 19 heavy (non-hydrogen) atoms. The van der Waals surface area contributed by atoms with E-state index in [0.717, 1.165) is 18.6 Å². The number of hydrogen-bond acceptors (Lipinski definition) is 3. The van der Waals surface area contributed by atoms with Crippen LogP contribution in [0.1, 0.15) is 26.2 Å². The second-order valence-corrected chi connectivity index (χ2v) is 4.15. The first-order chi connectivity index (χ1) is 8.74. The van der Waals surface area contributed by atoms with Gasteiger partial charge < -0.3 is 15.2 Å². The lowest BCUT2D eigenvalue weighted by Crippen LogP contribution is -2.37. The first-order valence-electron chi connectivity index (χ1n) is 6.38. The molecular formula is C14H22ClNO3. The summed E-state index contributed by atoms with van der Waals surface area (Å²) in [5, 5.41) is 12.0. The molecule has 2 N–H and O–H groups in total. The third-order valence-electron chi connectivity index (χ3n) is 2.60. The van der Waals surface area contributed by atoms with Crippen molar-refractivity contribution in [2.24, 2.45) is 0 Å². The van der Waals surface area contributed by atoms with Crippen molar-refractivity contribution < 1.29 is 14.6 Å². The Morgan fingerprint density at radius 3 is 2.63 bits per heavy atom. The maximum Gasteiger partial charge on any atom is 0.320 e. The second-order valence-electron chi connectivity index (χ2n) is 4.15. The summed E-state index contributed by atoms with van der Waals surface area (Å²) < 4.78 is 5.52. The standard InChI is InChI=1S/C14H21NO3.ClH/c1-2-7-13(14(16)17)15-10-6-11-18-12-8-4-3-5-9-12;/h3-5,8-9,13,15H,2,6-7,10-11H2,1H3,(H,16,17);1H. The molecule has 0 fully saturated rings. The molecule has 1 rings (SSSR count). The van der Waals surface area contributed by atoms with Crippen LogP contribution in [0.5, 0.6) is 5.75 Å². The molecule has 0 radical (unpaired) electrons. The van der Waals surface area contributed by atoms with Crippen molar-refractivity contribution in [3.05, 3.63) is 30.3 Å². The van der Waals surface area contributed by atoms with Gasteiger partial charge in [-0.1, -0.05) is 31.5 Å². The number of nitrogens with one attached hydrogen (secondary N) is 1. The zero-order chi connectivity index (χ0) is 13.2. The first kappa shape index (κ1) is 17.7. The van der Waals surface area contributed by atoms with Gasteiger partial charge in [-0.2, -0.15) is 0 Å². The SMILES string of the molecule is CCCC(NCCCOc1ccccc1)C(=O)O.Cl. The van der Waals surface area contributed by atoms with Crippen molar-refractivity contribution >= 4 is 18.4 Å². The molecule has 0 amide bonds. The van der Waals surface area contributed by atoms with Gasteiger partial charge in [0.15, 0.2) is 0 Å². The third-order valence-corrected chi connectivity index (χ3v) is 2.60. The Kier molecular flexibility index (Phi) is 9.94. The van der Waals surface area contributed by atoms with E-state index < -0.39 is 12.0 Å². The second kappa shape index (κ2) is 10.6. The fraction of sp³-hybridized carbons (Fsp3) is 0.500. The fourth-order valence-electron chi connectivity index (χ4n) is 1.66. The summed E-state index contributed by atoms with van der Waals surface area (Å²) in [7, 11) is 0. The van der Waals surface area contributed by atoms with Crippen LogP contribution in [0.15, 0.2) is 30.3 Å². The van der Waals surface area contributed by atoms with Gasteiger partial charge in [0.25, 0.3) is 0 Å². The van der Waals surface area contributed by atoms with Gasteiger partial charge in [-0.15, -0.1) is 12.4 Å². The van der Waals surface area contributed by atoms with E-state index in [0.29, 0.717) is 19.6 Å². The van der Waals surface area contributed by atoms with Gasteiger partial charge in [0, 0.05) is 0 Å². The van der Waals surface area contributed by atoms with Crippen LogP contribution in [-0.4, -0.2) is 30.3 Å². The lowest BCUT2D eigenvalue weighted by atomic mass is 10.1. The number of hydrogen-bond donors (Lipinski definition) is 2. The lowest BCUT2D eigenvalue weighted by Gasteiger charge is -2.13. The van der Waals surface area contributed by atoms with Gasteiger partial charge in [-0.05, 0) is 31.5 Å². The molecule has 4 nitrogen and oxygen atoms in total. The summed E-state index contributed by atoms with van der Waals surface area (Å²) in [6, 6.07) is 9.17. The van der Waals surface area contributed by atoms with Crippen LogP contribution in [0.25, 0.3) is 0 Å². The molecule has 5 heteroatoms. The Balaban J connectivity index is 0.00000324. The van der Waals surface area contributed by atoms with Crippen LogP contribution in [0.4, 0.5) is 0 Å². The molecule has 0 aliphatic carbocycles. The monoisotopic (exact) mass is 287 g/mol. The highest BCUT2D eigenvalue weighted by atomic mass is 35.5. The predicted octanol–water partition coefficient (Wildman–Crippen LogP) is 2.72. The molecular weight excluding hydrogens is 266 g/mol. The Morgan fingerprint density at radius 2 is 2.05 bits per heavy atom. The van der Waals surface area contributed by atoms with Crippen LogP contribution in [-0.2, 0) is 4.79 Å². The quantitative estimate of drug-likeness (QED) is 0.686. The topological polar surface area (TPSA) is 58.6 Å². The summed E-state index contributed by atoms with van der Waals surface area (Å²) in [4.78, 5) is 10.9. The lowest BCUT2D eigenvalue weighted by molar-refractivity contribution is -0.139. The zero-order valence-corrected chi connectivity index (χ0v) is 12.0. The molecule has 0 saturated carbocycles. The maximum absolute atomic E-state index is 10.9. The molecule has 1 aromatic rings. The molecule has 0 spiro atoms. The zero-order valence-electron chi connectivity index (χ0n) is 11.2. The van der Waals surface area contributed by atoms with Crippen molar-refractivity contribution in [2.75, 3.05) is 13.2 Å². The van der Waals surface area contributed by atoms with E-state index in [1.165, 1.54) is 0 Å². The van der Waals surface area contributed by atoms with Crippen LogP contribution in [0, 0.1) is 0 Å². The van der Waals surface area contributed by atoms with Gasteiger partial charge in [-0.25, -0.2) is 0 Å². The van der Waals surface area contributed by atoms with E-state index in [-0.39, 0.29) is 12.4 Å². The minimum Gasteiger partial charge on any atom is -0.494 e. The Labute approximate surface area is 120 Å². The number of carboxylic acids is 1. The summed E-state index contributed by atoms with van der Waals surface area (Å²) in [5.74, 6) is 0.0710. The normalized spacial score (nSPS) is 11.4. The van der Waals surface area contributed by atoms with Crippen molar-refractivity contribution in [3.8, 4) is 5.75 Å². The number of carbonyl (C=O) groups is 1. The van der Waals surface area contributed by atoms with Crippen LogP contribution < -0.4 is 10.1 Å². The highest BCUT2D eigenvalue weighted by molar-refractivity contribution is 5.85. The molecule has 0 heterocycles. The largest absolute Gasteiger partial charge is 0.494 e. The number of halogens is 1. The van der Waals surface area contributed by atoms with Crippen molar-refractivity contribution in [3.63, 3.8) is 0 Å². The Hall–Kier alpha value is -1.26. The molecule has 108 valence electrons. The Bertz CT molecular complexity index is 346. The molecule has 0 aliphatic rings. The number of benzene rings is 1. The minimum absolute atomic E-state index is 0. The average molecular weight is 288 g/mol. The fourth-order valence-corrected chi connectivity index (χ4v) is 1.66. The van der Waals surface area contributed by atoms with E-state index >= 15 is 0 Å². The first-order valence-corrected chi connectivity index (χ1v) is 6.38. The number of para-hydroxylation sites is 1. The highest BCUT2D eigenvalue weighted by Gasteiger charge is 2.14. The summed E-state index contributed by atoms with van der Waals surface area (Å²) in [6.07, 6.45) is 2.32. The number of rotatable bonds is 9. The van der Waals surface area contributed by atoms with Crippen LogP contribution >= 0.6 is 12.4 Å². The molecule has 1 atom stereocenters. The number of aliphatic carboxylic acids is 1. The van der Waals surface area contributed by atoms with E-state index in [4.69, 9.17) is 9.84 Å². The van der Waals surface area contributed by atoms with Crippen molar-refractivity contribution in [1.29, 1.82) is 0 Å². The minimum atomic E-state index is -0.777. The summed E-state index contributed by atoms with van der Waals surface area (Å²) >= 11 is 0. The highest BCUT2D eigenvalue weighted by Crippen LogP contribution is 2.08. The van der Waals surface area contributed by atoms with E-state index in [9.17, 15) is 4.79 Å². The smallest absolute Gasteiger partial charge is 0.320 e. The summed E-state index contributed by atoms with van der Waals surface area (Å²) in [6.45, 7) is 3.23. The van der Waals surface area contributed by atoms with Gasteiger partial charge in [0.05, 0.1) is 6.61 Å². The molecule has 0 saturated heterocycles. The number of ether oxygens (including phenoxy) is 1. The van der Waals surface area contributed by atoms with Gasteiger partial charge in [0.1, 0.15) is 11.8 Å². The molecule has 1 aromatic carbocycles. The maximum atomic E-state index is 10.9. The van der Waals surface area contributed by atoms with Gasteiger partial charge in [-0.3, -0.25) is 4.79 Å². The molecule has 1 unspecified atom stereocenters. The van der Waals surface area contributed by atoms with Crippen molar-refractivity contribution in [2.45, 2.75) is 32.2 Å². The predicted molar refractivity (Wildman–Crippen MR) is 78.1 cm³/mol. The van der Waals surface area contributed by atoms with Gasteiger partial charge in [0.2, 0.25) is 0 Å². The molecule has 0 aromatic heterocycles. The van der Waals surface area contributed by atoms with E-state index in [1.807, 2.05) is 37.3 Å². The molecule has 0 bridgehead atoms. The van der Waals surface area contributed by atoms with E-state index in [2.05, 4.69) is 5.32 Å².